The molecule has 4 heteroatoms. The van der Waals surface area contributed by atoms with Crippen molar-refractivity contribution in [2.24, 2.45) is 11.8 Å². The summed E-state index contributed by atoms with van der Waals surface area (Å²) in [6.07, 6.45) is 0.171. The SMILES string of the molecule is O=C([O-])C1CC1C(=O)[O-]. The number of aliphatic carboxylic acids is 2. The number of rotatable bonds is 2. The van der Waals surface area contributed by atoms with Crippen LogP contribution in [-0.4, -0.2) is 11.9 Å². The van der Waals surface area contributed by atoms with E-state index in [0.717, 1.165) is 0 Å². The molecule has 0 N–H and O–H groups in total. The molecule has 0 aromatic heterocycles. The van der Waals surface area contributed by atoms with E-state index in [-0.39, 0.29) is 6.42 Å². The van der Waals surface area contributed by atoms with E-state index in [1.165, 1.54) is 0 Å². The average molecular weight is 128 g/mol. The smallest absolute Gasteiger partial charge is 0.0452 e. The molecule has 0 aromatic rings. The number of hydrogen-bond acceptors (Lipinski definition) is 4. The summed E-state index contributed by atoms with van der Waals surface area (Å²) in [7, 11) is 0. The molecule has 0 aliphatic heterocycles. The largest absolute Gasteiger partial charge is 0.550 e. The van der Waals surface area contributed by atoms with Crippen LogP contribution in [0.25, 0.3) is 0 Å². The van der Waals surface area contributed by atoms with Gasteiger partial charge >= 0.3 is 0 Å². The lowest BCUT2D eigenvalue weighted by Crippen LogP contribution is -2.30. The van der Waals surface area contributed by atoms with E-state index in [4.69, 9.17) is 0 Å². The van der Waals surface area contributed by atoms with Gasteiger partial charge in [0.1, 0.15) is 0 Å². The van der Waals surface area contributed by atoms with Crippen LogP contribution in [0.2, 0.25) is 0 Å². The maximum absolute atomic E-state index is 9.87. The van der Waals surface area contributed by atoms with E-state index in [0.29, 0.717) is 0 Å². The molecule has 1 aliphatic rings. The molecule has 0 saturated heterocycles. The van der Waals surface area contributed by atoms with Gasteiger partial charge in [-0.05, 0) is 6.42 Å². The Hall–Kier alpha value is -1.06. The van der Waals surface area contributed by atoms with Crippen LogP contribution >= 0.6 is 0 Å². The molecule has 1 saturated carbocycles. The Kier molecular flexibility index (Phi) is 1.16. The number of carbonyl (C=O) groups is 2. The highest BCUT2D eigenvalue weighted by atomic mass is 16.4. The summed E-state index contributed by atoms with van der Waals surface area (Å²) in [5.41, 5.74) is 0. The van der Waals surface area contributed by atoms with Crippen molar-refractivity contribution in [2.75, 3.05) is 0 Å². The van der Waals surface area contributed by atoms with Crippen molar-refractivity contribution >= 4 is 11.9 Å². The zero-order chi connectivity index (χ0) is 7.02. The van der Waals surface area contributed by atoms with Gasteiger partial charge in [0, 0.05) is 23.8 Å². The van der Waals surface area contributed by atoms with Gasteiger partial charge in [-0.25, -0.2) is 0 Å². The molecular weight excluding hydrogens is 124 g/mol. The molecule has 0 radical (unpaired) electrons. The Morgan fingerprint density at radius 1 is 1.11 bits per heavy atom. The van der Waals surface area contributed by atoms with E-state index in [2.05, 4.69) is 0 Å². The van der Waals surface area contributed by atoms with E-state index < -0.39 is 23.8 Å². The molecule has 0 amide bonds. The summed E-state index contributed by atoms with van der Waals surface area (Å²) in [6.45, 7) is 0. The van der Waals surface area contributed by atoms with Gasteiger partial charge in [0.2, 0.25) is 0 Å². The fraction of sp³-hybridized carbons (Fsp3) is 0.600. The molecule has 2 atom stereocenters. The molecule has 0 spiro atoms. The molecule has 2 unspecified atom stereocenters. The van der Waals surface area contributed by atoms with Crippen LogP contribution < -0.4 is 10.2 Å². The fourth-order valence-corrected chi connectivity index (χ4v) is 0.716. The highest BCUT2D eigenvalue weighted by molar-refractivity contribution is 5.83. The molecule has 1 aliphatic carbocycles. The molecule has 4 nitrogen and oxygen atoms in total. The molecular formula is C5H4O4-2. The quantitative estimate of drug-likeness (QED) is 0.400. The average Bonchev–Trinajstić information content (AvgIpc) is 2.39. The van der Waals surface area contributed by atoms with Crippen LogP contribution in [0.1, 0.15) is 6.42 Å². The number of carboxylic acids is 2. The lowest BCUT2D eigenvalue weighted by molar-refractivity contribution is -0.316. The maximum atomic E-state index is 9.87. The van der Waals surface area contributed by atoms with Crippen molar-refractivity contribution < 1.29 is 19.8 Å². The van der Waals surface area contributed by atoms with Crippen LogP contribution in [0.4, 0.5) is 0 Å². The van der Waals surface area contributed by atoms with Crippen LogP contribution in [0.3, 0.4) is 0 Å². The van der Waals surface area contributed by atoms with Gasteiger partial charge in [0.25, 0.3) is 0 Å². The van der Waals surface area contributed by atoms with Crippen LogP contribution in [-0.2, 0) is 9.59 Å². The summed E-state index contributed by atoms with van der Waals surface area (Å²) in [5, 5.41) is 19.7. The van der Waals surface area contributed by atoms with Gasteiger partial charge in [0.15, 0.2) is 0 Å². The maximum Gasteiger partial charge on any atom is 0.0452 e. The van der Waals surface area contributed by atoms with Crippen molar-refractivity contribution in [3.8, 4) is 0 Å². The second kappa shape index (κ2) is 1.72. The standard InChI is InChI=1S/C5H6O4/c6-4(7)2-1-3(2)5(8)9/h2-3H,1H2,(H,6,7)(H,8,9)/p-2. The lowest BCUT2D eigenvalue weighted by atomic mass is 10.3. The predicted octanol–water partition coefficient (Wildman–Crippen LogP) is -2.88. The lowest BCUT2D eigenvalue weighted by Gasteiger charge is -1.99. The minimum absolute atomic E-state index is 0.171. The number of carbonyl (C=O) groups excluding carboxylic acids is 2. The van der Waals surface area contributed by atoms with Crippen molar-refractivity contribution in [2.45, 2.75) is 6.42 Å². The van der Waals surface area contributed by atoms with Gasteiger partial charge < -0.3 is 19.8 Å². The zero-order valence-corrected chi connectivity index (χ0v) is 4.49. The van der Waals surface area contributed by atoms with Crippen LogP contribution in [0, 0.1) is 11.8 Å². The molecule has 0 bridgehead atoms. The van der Waals surface area contributed by atoms with Crippen molar-refractivity contribution in [3.05, 3.63) is 0 Å². The van der Waals surface area contributed by atoms with Crippen molar-refractivity contribution in [3.63, 3.8) is 0 Å². The number of hydrogen-bond donors (Lipinski definition) is 0. The molecule has 0 heterocycles. The van der Waals surface area contributed by atoms with Crippen LogP contribution in [0.15, 0.2) is 0 Å². The van der Waals surface area contributed by atoms with Gasteiger partial charge in [-0.2, -0.15) is 0 Å². The first-order valence-electron chi connectivity index (χ1n) is 2.54. The van der Waals surface area contributed by atoms with Crippen LogP contribution in [0.5, 0.6) is 0 Å². The predicted molar refractivity (Wildman–Crippen MR) is 21.6 cm³/mol. The third-order valence-corrected chi connectivity index (χ3v) is 1.40. The fourth-order valence-electron chi connectivity index (χ4n) is 0.716. The topological polar surface area (TPSA) is 80.3 Å². The van der Waals surface area contributed by atoms with E-state index in [9.17, 15) is 19.8 Å². The first kappa shape index (κ1) is 6.07. The first-order chi connectivity index (χ1) is 4.13. The molecule has 9 heavy (non-hydrogen) atoms. The van der Waals surface area contributed by atoms with Crippen molar-refractivity contribution in [1.82, 2.24) is 0 Å². The minimum atomic E-state index is -1.29. The Morgan fingerprint density at radius 3 is 1.56 bits per heavy atom. The number of carboxylic acid groups (broad SMARTS) is 2. The highest BCUT2D eigenvalue weighted by Crippen LogP contribution is 2.36. The van der Waals surface area contributed by atoms with E-state index >= 15 is 0 Å². The normalized spacial score (nSPS) is 31.6. The second-order valence-corrected chi connectivity index (χ2v) is 2.09. The van der Waals surface area contributed by atoms with Gasteiger partial charge in [-0.15, -0.1) is 0 Å². The second-order valence-electron chi connectivity index (χ2n) is 2.09. The monoisotopic (exact) mass is 128 g/mol. The Bertz CT molecular complexity index is 144. The minimum Gasteiger partial charge on any atom is -0.550 e. The summed E-state index contributed by atoms with van der Waals surface area (Å²) < 4.78 is 0. The first-order valence-corrected chi connectivity index (χ1v) is 2.54. The van der Waals surface area contributed by atoms with E-state index in [1.807, 2.05) is 0 Å². The summed E-state index contributed by atoms with van der Waals surface area (Å²) >= 11 is 0. The zero-order valence-electron chi connectivity index (χ0n) is 4.49. The Balaban J connectivity index is 2.42. The van der Waals surface area contributed by atoms with Gasteiger partial charge in [-0.1, -0.05) is 0 Å². The van der Waals surface area contributed by atoms with E-state index in [1.54, 1.807) is 0 Å². The third kappa shape index (κ3) is 1.01. The van der Waals surface area contributed by atoms with Gasteiger partial charge in [-0.3, -0.25) is 0 Å². The highest BCUT2D eigenvalue weighted by Gasteiger charge is 2.38. The summed E-state index contributed by atoms with van der Waals surface area (Å²) in [6, 6.07) is 0. The molecule has 1 rings (SSSR count). The van der Waals surface area contributed by atoms with Gasteiger partial charge in [0.05, 0.1) is 0 Å². The molecule has 0 aromatic carbocycles. The Morgan fingerprint density at radius 2 is 1.44 bits per heavy atom. The Labute approximate surface area is 51.1 Å². The summed E-state index contributed by atoms with van der Waals surface area (Å²) in [4.78, 5) is 19.7. The third-order valence-electron chi connectivity index (χ3n) is 1.40. The molecule has 1 fully saturated rings. The summed E-state index contributed by atoms with van der Waals surface area (Å²) in [5.74, 6) is -4.17. The molecule has 50 valence electrons. The van der Waals surface area contributed by atoms with Crippen molar-refractivity contribution in [1.29, 1.82) is 0 Å².